The number of hydrogen-bond donors (Lipinski definition) is 1. The van der Waals surface area contributed by atoms with Crippen LogP contribution in [0.4, 0.5) is 11.4 Å². The molecule has 26 heavy (non-hydrogen) atoms. The predicted octanol–water partition coefficient (Wildman–Crippen LogP) is 3.48. The first kappa shape index (κ1) is 17.3. The van der Waals surface area contributed by atoms with Gasteiger partial charge in [-0.05, 0) is 42.0 Å². The highest BCUT2D eigenvalue weighted by molar-refractivity contribution is 6.31. The molecular weight excluding hydrogens is 358 g/mol. The van der Waals surface area contributed by atoms with Gasteiger partial charge in [0.05, 0.1) is 16.3 Å². The van der Waals surface area contributed by atoms with Crippen molar-refractivity contribution in [3.63, 3.8) is 0 Å². The molecule has 0 saturated heterocycles. The summed E-state index contributed by atoms with van der Waals surface area (Å²) >= 11 is 6.01. The van der Waals surface area contributed by atoms with Crippen LogP contribution in [0.1, 0.15) is 5.56 Å². The van der Waals surface area contributed by atoms with Gasteiger partial charge in [-0.25, -0.2) is 9.67 Å². The third-order valence-electron chi connectivity index (χ3n) is 3.41. The van der Waals surface area contributed by atoms with Crippen LogP contribution >= 0.6 is 11.6 Å². The normalized spacial score (nSPS) is 10.8. The molecule has 0 unspecified atom stereocenters. The number of carbonyl (C=O) groups excluding carboxylic acids is 1. The molecule has 2 aromatic carbocycles. The summed E-state index contributed by atoms with van der Waals surface area (Å²) in [5, 5.41) is 17.9. The van der Waals surface area contributed by atoms with Crippen LogP contribution in [0.15, 0.2) is 61.2 Å². The fourth-order valence-corrected chi connectivity index (χ4v) is 2.37. The molecule has 3 rings (SSSR count). The van der Waals surface area contributed by atoms with Crippen molar-refractivity contribution < 1.29 is 9.72 Å². The minimum Gasteiger partial charge on any atom is -0.321 e. The molecule has 1 heterocycles. The van der Waals surface area contributed by atoms with Crippen molar-refractivity contribution in [2.75, 3.05) is 5.32 Å². The zero-order valence-corrected chi connectivity index (χ0v) is 14.0. The van der Waals surface area contributed by atoms with Crippen molar-refractivity contribution in [2.24, 2.45) is 0 Å². The quantitative estimate of drug-likeness (QED) is 0.421. The van der Waals surface area contributed by atoms with Crippen LogP contribution in [0.5, 0.6) is 0 Å². The number of benzene rings is 2. The number of carbonyl (C=O) groups is 1. The van der Waals surface area contributed by atoms with Crippen molar-refractivity contribution >= 4 is 35.0 Å². The molecule has 1 amide bonds. The number of halogens is 1. The smallest absolute Gasteiger partial charge is 0.269 e. The molecule has 3 aromatic rings. The summed E-state index contributed by atoms with van der Waals surface area (Å²) in [4.78, 5) is 26.2. The van der Waals surface area contributed by atoms with Crippen LogP contribution in [-0.4, -0.2) is 25.6 Å². The Kier molecular flexibility index (Phi) is 5.04. The molecule has 0 atom stereocenters. The second kappa shape index (κ2) is 7.58. The summed E-state index contributed by atoms with van der Waals surface area (Å²) in [6, 6.07) is 10.9. The highest BCUT2D eigenvalue weighted by Gasteiger charge is 2.09. The Balaban J connectivity index is 1.76. The number of aromatic nitrogens is 3. The van der Waals surface area contributed by atoms with E-state index in [1.807, 2.05) is 0 Å². The number of rotatable bonds is 5. The van der Waals surface area contributed by atoms with Gasteiger partial charge < -0.3 is 5.32 Å². The summed E-state index contributed by atoms with van der Waals surface area (Å²) in [5.41, 5.74) is 1.74. The van der Waals surface area contributed by atoms with Gasteiger partial charge in [0, 0.05) is 23.2 Å². The molecule has 0 aliphatic rings. The summed E-state index contributed by atoms with van der Waals surface area (Å²) in [6.45, 7) is 0. The van der Waals surface area contributed by atoms with E-state index < -0.39 is 4.92 Å². The van der Waals surface area contributed by atoms with E-state index in [0.717, 1.165) is 0 Å². The summed E-state index contributed by atoms with van der Waals surface area (Å²) in [5.74, 6) is -0.382. The molecule has 0 fully saturated rings. The zero-order chi connectivity index (χ0) is 18.5. The summed E-state index contributed by atoms with van der Waals surface area (Å²) in [7, 11) is 0. The molecule has 0 bridgehead atoms. The average molecular weight is 370 g/mol. The van der Waals surface area contributed by atoms with Crippen LogP contribution in [0.2, 0.25) is 5.02 Å². The Morgan fingerprint density at radius 1 is 1.23 bits per heavy atom. The van der Waals surface area contributed by atoms with Gasteiger partial charge in [0.2, 0.25) is 5.91 Å². The number of non-ortho nitro benzene ring substituents is 1. The van der Waals surface area contributed by atoms with Gasteiger partial charge in [-0.2, -0.15) is 5.10 Å². The van der Waals surface area contributed by atoms with Gasteiger partial charge in [-0.3, -0.25) is 14.9 Å². The lowest BCUT2D eigenvalue weighted by atomic mass is 10.2. The lowest BCUT2D eigenvalue weighted by Gasteiger charge is -2.10. The molecular formula is C17H12ClN5O3. The fraction of sp³-hybridized carbons (Fsp3) is 0. The van der Waals surface area contributed by atoms with E-state index in [9.17, 15) is 14.9 Å². The second-order valence-corrected chi connectivity index (χ2v) is 5.61. The maximum Gasteiger partial charge on any atom is 0.269 e. The van der Waals surface area contributed by atoms with Gasteiger partial charge in [-0.15, -0.1) is 0 Å². The van der Waals surface area contributed by atoms with E-state index in [4.69, 9.17) is 11.6 Å². The topological polar surface area (TPSA) is 103 Å². The van der Waals surface area contributed by atoms with Crippen LogP contribution in [0.3, 0.4) is 0 Å². The minimum atomic E-state index is -0.481. The van der Waals surface area contributed by atoms with Crippen LogP contribution < -0.4 is 5.32 Å². The van der Waals surface area contributed by atoms with Crippen molar-refractivity contribution in [2.45, 2.75) is 0 Å². The van der Waals surface area contributed by atoms with Crippen LogP contribution in [0, 0.1) is 10.1 Å². The number of nitro groups is 1. The van der Waals surface area contributed by atoms with Gasteiger partial charge in [-0.1, -0.05) is 11.6 Å². The Hall–Kier alpha value is -3.52. The molecule has 0 aliphatic carbocycles. The Morgan fingerprint density at radius 3 is 2.65 bits per heavy atom. The number of hydrogen-bond acceptors (Lipinski definition) is 5. The highest BCUT2D eigenvalue weighted by Crippen LogP contribution is 2.24. The minimum absolute atomic E-state index is 0.0111. The first-order chi connectivity index (χ1) is 12.5. The molecule has 1 aromatic heterocycles. The molecule has 1 N–H and O–H groups in total. The van der Waals surface area contributed by atoms with Crippen molar-refractivity contribution in [1.82, 2.24) is 14.8 Å². The third-order valence-corrected chi connectivity index (χ3v) is 3.65. The SMILES string of the molecule is O=C(/C=C/c1ccc([N+](=O)[O-])cc1)Nc1cc(Cl)ccc1-n1cncn1. The van der Waals surface area contributed by atoms with Gasteiger partial charge in [0.1, 0.15) is 12.7 Å². The maximum atomic E-state index is 12.2. The Morgan fingerprint density at radius 2 is 2.00 bits per heavy atom. The number of nitro benzene ring substituents is 1. The number of anilines is 1. The second-order valence-electron chi connectivity index (χ2n) is 5.17. The number of nitrogens with zero attached hydrogens (tertiary/aromatic N) is 4. The maximum absolute atomic E-state index is 12.2. The zero-order valence-electron chi connectivity index (χ0n) is 13.2. The van der Waals surface area contributed by atoms with Gasteiger partial charge in [0.15, 0.2) is 0 Å². The molecule has 0 radical (unpaired) electrons. The van der Waals surface area contributed by atoms with Crippen molar-refractivity contribution in [3.8, 4) is 5.69 Å². The Bertz CT molecular complexity index is 969. The summed E-state index contributed by atoms with van der Waals surface area (Å²) < 4.78 is 1.51. The first-order valence-corrected chi connectivity index (χ1v) is 7.79. The molecule has 0 saturated carbocycles. The third kappa shape index (κ3) is 4.11. The lowest BCUT2D eigenvalue weighted by molar-refractivity contribution is -0.384. The van der Waals surface area contributed by atoms with Crippen LogP contribution in [-0.2, 0) is 4.79 Å². The molecule has 8 nitrogen and oxygen atoms in total. The van der Waals surface area contributed by atoms with E-state index in [0.29, 0.717) is 22.0 Å². The molecule has 9 heteroatoms. The number of amides is 1. The highest BCUT2D eigenvalue weighted by atomic mass is 35.5. The van der Waals surface area contributed by atoms with E-state index in [-0.39, 0.29) is 11.6 Å². The van der Waals surface area contributed by atoms with Crippen LogP contribution in [0.25, 0.3) is 11.8 Å². The molecule has 0 aliphatic heterocycles. The largest absolute Gasteiger partial charge is 0.321 e. The van der Waals surface area contributed by atoms with E-state index >= 15 is 0 Å². The molecule has 0 spiro atoms. The van der Waals surface area contributed by atoms with E-state index in [2.05, 4.69) is 15.4 Å². The van der Waals surface area contributed by atoms with E-state index in [1.54, 1.807) is 36.4 Å². The number of nitrogens with one attached hydrogen (secondary N) is 1. The van der Waals surface area contributed by atoms with Gasteiger partial charge in [0.25, 0.3) is 5.69 Å². The van der Waals surface area contributed by atoms with Gasteiger partial charge >= 0.3 is 0 Å². The average Bonchev–Trinajstić information content (AvgIpc) is 3.15. The molecule has 130 valence electrons. The van der Waals surface area contributed by atoms with Crippen molar-refractivity contribution in [1.29, 1.82) is 0 Å². The predicted molar refractivity (Wildman–Crippen MR) is 97.1 cm³/mol. The standard InChI is InChI=1S/C17H12ClN5O3/c18-13-4-7-16(22-11-19-10-20-22)15(9-13)21-17(24)8-3-12-1-5-14(6-2-12)23(25)26/h1-11H,(H,21,24)/b8-3+. The Labute approximate surface area is 152 Å². The van der Waals surface area contributed by atoms with E-state index in [1.165, 1.54) is 35.5 Å². The first-order valence-electron chi connectivity index (χ1n) is 7.41. The summed E-state index contributed by atoms with van der Waals surface area (Å²) in [6.07, 6.45) is 5.77. The fourth-order valence-electron chi connectivity index (χ4n) is 2.19. The monoisotopic (exact) mass is 369 g/mol. The lowest BCUT2D eigenvalue weighted by Crippen LogP contribution is -2.11. The van der Waals surface area contributed by atoms with Crippen molar-refractivity contribution in [3.05, 3.63) is 81.9 Å².